The van der Waals surface area contributed by atoms with E-state index in [1.54, 1.807) is 48.5 Å². The van der Waals surface area contributed by atoms with Crippen molar-refractivity contribution >= 4 is 43.2 Å². The second-order valence-corrected chi connectivity index (χ2v) is 7.47. The van der Waals surface area contributed by atoms with Gasteiger partial charge in [0, 0.05) is 16.6 Å². The first-order valence-corrected chi connectivity index (χ1v) is 8.71. The summed E-state index contributed by atoms with van der Waals surface area (Å²) >= 11 is 8.12. The van der Waals surface area contributed by atoms with Crippen LogP contribution in [0.15, 0.2) is 57.9 Å². The molecule has 0 aromatic heterocycles. The minimum atomic E-state index is -3.54. The number of hydrogen-bond acceptors (Lipinski definition) is 3. The lowest BCUT2D eigenvalue weighted by atomic mass is 10.1. The van der Waals surface area contributed by atoms with Gasteiger partial charge in [-0.15, -0.1) is 0 Å². The summed E-state index contributed by atoms with van der Waals surface area (Å²) in [6, 6.07) is 13.7. The van der Waals surface area contributed by atoms with Crippen molar-refractivity contribution in [3.05, 3.63) is 64.1 Å². The summed E-state index contributed by atoms with van der Waals surface area (Å²) in [5, 5.41) is 0. The van der Waals surface area contributed by atoms with Crippen molar-refractivity contribution in [1.29, 1.82) is 0 Å². The van der Waals surface area contributed by atoms with E-state index in [-0.39, 0.29) is 11.4 Å². The second kappa shape index (κ2) is 6.65. The summed E-state index contributed by atoms with van der Waals surface area (Å²) in [4.78, 5) is 0.535. The molecule has 2 rings (SSSR count). The van der Waals surface area contributed by atoms with E-state index in [0.29, 0.717) is 9.46 Å². The molecule has 0 spiro atoms. The predicted octanol–water partition coefficient (Wildman–Crippen LogP) is 2.56. The van der Waals surface area contributed by atoms with E-state index in [2.05, 4.69) is 20.7 Å². The SMILES string of the molecule is NC(=S)c1ccc(CNS(=O)(=O)c2cccc(Br)c2)cc1. The minimum absolute atomic E-state index is 0.201. The average molecular weight is 385 g/mol. The molecule has 0 heterocycles. The molecular weight excluding hydrogens is 372 g/mol. The van der Waals surface area contributed by atoms with Gasteiger partial charge in [0.25, 0.3) is 0 Å². The van der Waals surface area contributed by atoms with E-state index in [1.165, 1.54) is 0 Å². The van der Waals surface area contributed by atoms with Gasteiger partial charge in [0.2, 0.25) is 10.0 Å². The van der Waals surface area contributed by atoms with Crippen molar-refractivity contribution in [3.8, 4) is 0 Å². The Labute approximate surface area is 137 Å². The van der Waals surface area contributed by atoms with Gasteiger partial charge in [-0.2, -0.15) is 0 Å². The molecular formula is C14H13BrN2O2S2. The zero-order valence-corrected chi connectivity index (χ0v) is 14.1. The number of benzene rings is 2. The Morgan fingerprint density at radius 3 is 2.43 bits per heavy atom. The molecule has 0 atom stereocenters. The maximum Gasteiger partial charge on any atom is 0.240 e. The summed E-state index contributed by atoms with van der Waals surface area (Å²) in [5.41, 5.74) is 7.09. The first-order chi connectivity index (χ1) is 9.88. The number of thiocarbonyl (C=S) groups is 1. The lowest BCUT2D eigenvalue weighted by Gasteiger charge is -2.08. The predicted molar refractivity (Wildman–Crippen MR) is 90.5 cm³/mol. The molecule has 3 N–H and O–H groups in total. The van der Waals surface area contributed by atoms with Gasteiger partial charge in [-0.1, -0.05) is 58.5 Å². The fraction of sp³-hybridized carbons (Fsp3) is 0.0714. The van der Waals surface area contributed by atoms with Gasteiger partial charge in [0.05, 0.1) is 4.90 Å². The third kappa shape index (κ3) is 4.34. The molecule has 0 radical (unpaired) electrons. The van der Waals surface area contributed by atoms with Crippen LogP contribution < -0.4 is 10.5 Å². The Balaban J connectivity index is 2.10. The van der Waals surface area contributed by atoms with Crippen LogP contribution in [0.2, 0.25) is 0 Å². The number of hydrogen-bond donors (Lipinski definition) is 2. The topological polar surface area (TPSA) is 72.2 Å². The Kier molecular flexibility index (Phi) is 5.10. The molecule has 2 aromatic carbocycles. The zero-order chi connectivity index (χ0) is 15.5. The first-order valence-electron chi connectivity index (χ1n) is 6.02. The highest BCUT2D eigenvalue weighted by atomic mass is 79.9. The monoisotopic (exact) mass is 384 g/mol. The van der Waals surface area contributed by atoms with Crippen LogP contribution in [-0.2, 0) is 16.6 Å². The molecule has 0 unspecified atom stereocenters. The minimum Gasteiger partial charge on any atom is -0.389 e. The standard InChI is InChI=1S/C14H13BrN2O2S2/c15-12-2-1-3-13(8-12)21(18,19)17-9-10-4-6-11(7-5-10)14(16)20/h1-8,17H,9H2,(H2,16,20). The third-order valence-electron chi connectivity index (χ3n) is 2.81. The molecule has 4 nitrogen and oxygen atoms in total. The van der Waals surface area contributed by atoms with Gasteiger partial charge in [-0.25, -0.2) is 13.1 Å². The summed E-state index contributed by atoms with van der Waals surface area (Å²) in [7, 11) is -3.54. The van der Waals surface area contributed by atoms with Crippen LogP contribution >= 0.6 is 28.1 Å². The van der Waals surface area contributed by atoms with Gasteiger partial charge in [0.15, 0.2) is 0 Å². The summed E-state index contributed by atoms with van der Waals surface area (Å²) in [5.74, 6) is 0. The molecule has 0 saturated carbocycles. The maximum atomic E-state index is 12.2. The number of rotatable bonds is 5. The number of nitrogens with two attached hydrogens (primary N) is 1. The fourth-order valence-electron chi connectivity index (χ4n) is 1.68. The van der Waals surface area contributed by atoms with E-state index in [4.69, 9.17) is 18.0 Å². The second-order valence-electron chi connectivity index (χ2n) is 4.34. The Morgan fingerprint density at radius 2 is 1.86 bits per heavy atom. The molecule has 0 saturated heterocycles. The van der Waals surface area contributed by atoms with E-state index in [0.717, 1.165) is 11.1 Å². The van der Waals surface area contributed by atoms with Gasteiger partial charge >= 0.3 is 0 Å². The lowest BCUT2D eigenvalue weighted by molar-refractivity contribution is 0.581. The van der Waals surface area contributed by atoms with Crippen LogP contribution in [-0.4, -0.2) is 13.4 Å². The molecule has 110 valence electrons. The third-order valence-corrected chi connectivity index (χ3v) is 4.94. The lowest BCUT2D eigenvalue weighted by Crippen LogP contribution is -2.23. The Bertz CT molecular complexity index is 759. The summed E-state index contributed by atoms with van der Waals surface area (Å²) in [6.07, 6.45) is 0. The van der Waals surface area contributed by atoms with Crippen LogP contribution in [0.3, 0.4) is 0 Å². The van der Waals surface area contributed by atoms with Crippen LogP contribution in [0, 0.1) is 0 Å². The van der Waals surface area contributed by atoms with Crippen molar-refractivity contribution in [1.82, 2.24) is 4.72 Å². The Morgan fingerprint density at radius 1 is 1.19 bits per heavy atom. The van der Waals surface area contributed by atoms with E-state index >= 15 is 0 Å². The molecule has 0 amide bonds. The zero-order valence-electron chi connectivity index (χ0n) is 10.9. The van der Waals surface area contributed by atoms with Crippen LogP contribution in [0.25, 0.3) is 0 Å². The van der Waals surface area contributed by atoms with Crippen molar-refractivity contribution in [2.45, 2.75) is 11.4 Å². The molecule has 2 aromatic rings. The van der Waals surface area contributed by atoms with Crippen molar-refractivity contribution in [3.63, 3.8) is 0 Å². The highest BCUT2D eigenvalue weighted by Gasteiger charge is 2.13. The van der Waals surface area contributed by atoms with Crippen molar-refractivity contribution in [2.24, 2.45) is 5.73 Å². The highest BCUT2D eigenvalue weighted by Crippen LogP contribution is 2.16. The normalized spacial score (nSPS) is 11.3. The quantitative estimate of drug-likeness (QED) is 0.776. The maximum absolute atomic E-state index is 12.2. The average Bonchev–Trinajstić information content (AvgIpc) is 2.45. The van der Waals surface area contributed by atoms with Crippen molar-refractivity contribution < 1.29 is 8.42 Å². The van der Waals surface area contributed by atoms with Crippen molar-refractivity contribution in [2.75, 3.05) is 0 Å². The smallest absolute Gasteiger partial charge is 0.240 e. The molecule has 0 aliphatic rings. The number of halogens is 1. The number of nitrogens with one attached hydrogen (secondary N) is 1. The molecule has 7 heteroatoms. The van der Waals surface area contributed by atoms with Crippen LogP contribution in [0.4, 0.5) is 0 Å². The highest BCUT2D eigenvalue weighted by molar-refractivity contribution is 9.10. The Hall–Kier alpha value is -1.28. The van der Waals surface area contributed by atoms with E-state index < -0.39 is 10.0 Å². The van der Waals surface area contributed by atoms with Gasteiger partial charge in [-0.3, -0.25) is 0 Å². The largest absolute Gasteiger partial charge is 0.389 e. The van der Waals surface area contributed by atoms with Crippen LogP contribution in [0.1, 0.15) is 11.1 Å². The van der Waals surface area contributed by atoms with Gasteiger partial charge in [0.1, 0.15) is 4.99 Å². The van der Waals surface area contributed by atoms with E-state index in [9.17, 15) is 8.42 Å². The summed E-state index contributed by atoms with van der Waals surface area (Å²) in [6.45, 7) is 0.201. The number of sulfonamides is 1. The first kappa shape index (κ1) is 16.1. The molecule has 0 aliphatic heterocycles. The fourth-order valence-corrected chi connectivity index (χ4v) is 3.43. The molecule has 0 bridgehead atoms. The molecule has 0 fully saturated rings. The molecule has 21 heavy (non-hydrogen) atoms. The van der Waals surface area contributed by atoms with Crippen LogP contribution in [0.5, 0.6) is 0 Å². The van der Waals surface area contributed by atoms with Gasteiger partial charge < -0.3 is 5.73 Å². The molecule has 0 aliphatic carbocycles. The van der Waals surface area contributed by atoms with Gasteiger partial charge in [-0.05, 0) is 23.8 Å². The summed E-state index contributed by atoms with van der Waals surface area (Å²) < 4.78 is 27.6. The van der Waals surface area contributed by atoms with E-state index in [1.807, 2.05) is 0 Å².